The van der Waals surface area contributed by atoms with E-state index in [0.717, 1.165) is 27.8 Å². The lowest BCUT2D eigenvalue weighted by Crippen LogP contribution is -2.23. The highest BCUT2D eigenvalue weighted by Gasteiger charge is 2.29. The number of thiazole rings is 1. The van der Waals surface area contributed by atoms with Gasteiger partial charge >= 0.3 is 12.3 Å². The summed E-state index contributed by atoms with van der Waals surface area (Å²) in [5, 5.41) is 25.8. The molecule has 4 N–H and O–H groups in total. The van der Waals surface area contributed by atoms with Crippen LogP contribution in [0.4, 0.5) is 29.7 Å². The highest BCUT2D eigenvalue weighted by Crippen LogP contribution is 2.42. The Morgan fingerprint density at radius 3 is 2.44 bits per heavy atom. The number of carbonyl (C=O) groups excluding carboxylic acids is 2. The second-order valence-electron chi connectivity index (χ2n) is 9.00. The number of aromatic hydroxyl groups is 1. The maximum atomic E-state index is 13.3. The van der Waals surface area contributed by atoms with Crippen molar-refractivity contribution in [1.29, 1.82) is 0 Å². The van der Waals surface area contributed by atoms with Gasteiger partial charge in [-0.25, -0.2) is 14.8 Å². The quantitative estimate of drug-likeness (QED) is 0.127. The van der Waals surface area contributed by atoms with Gasteiger partial charge in [-0.05, 0) is 38.1 Å². The number of halogens is 3. The molecule has 0 bridgehead atoms. The number of aryl methyl sites for hydroxylation is 1. The van der Waals surface area contributed by atoms with E-state index in [-0.39, 0.29) is 45.2 Å². The summed E-state index contributed by atoms with van der Waals surface area (Å²) >= 11 is 1.16. The number of nitrogens with zero attached hydrogens (tertiary/aromatic N) is 2. The number of carboxylic acid groups (broad SMARTS) is 1. The van der Waals surface area contributed by atoms with Crippen molar-refractivity contribution in [2.45, 2.75) is 33.2 Å². The second-order valence-corrected chi connectivity index (χ2v) is 10.2. The van der Waals surface area contributed by atoms with E-state index in [1.54, 1.807) is 31.2 Å². The summed E-state index contributed by atoms with van der Waals surface area (Å²) in [5.74, 6) is -3.18. The number of carboxylic acids is 1. The molecule has 0 saturated carbocycles. The largest absolute Gasteiger partial charge is 0.573 e. The average molecular weight is 617 g/mol. The molecular weight excluding hydrogens is 593 g/mol. The molecule has 0 fully saturated rings. The Balaban J connectivity index is 1.70. The molecule has 43 heavy (non-hydrogen) atoms. The molecule has 0 saturated heterocycles. The fraction of sp³-hybridized carbons (Fsp3) is 0.179. The number of ether oxygens (including phenoxy) is 2. The molecule has 1 aromatic heterocycles. The van der Waals surface area contributed by atoms with Crippen molar-refractivity contribution in [1.82, 2.24) is 4.98 Å². The van der Waals surface area contributed by atoms with E-state index in [9.17, 15) is 37.8 Å². The molecule has 1 atom stereocenters. The predicted molar refractivity (Wildman–Crippen MR) is 153 cm³/mol. The SMILES string of the molecule is CC(=O)Nc1ccc(-c2nc(NC(=O)c3cc(OC(C)C(=O)O)c4c(N=COC(F)(F)F)cccc4c3O)sc2C)cc1. The van der Waals surface area contributed by atoms with Gasteiger partial charge in [-0.15, -0.1) is 24.5 Å². The van der Waals surface area contributed by atoms with Crippen LogP contribution in [0.3, 0.4) is 0 Å². The van der Waals surface area contributed by atoms with Gasteiger partial charge in [0.1, 0.15) is 11.5 Å². The summed E-state index contributed by atoms with van der Waals surface area (Å²) in [4.78, 5) is 45.0. The first-order valence-electron chi connectivity index (χ1n) is 12.4. The van der Waals surface area contributed by atoms with Crippen LogP contribution in [0.5, 0.6) is 11.5 Å². The Morgan fingerprint density at radius 1 is 1.12 bits per heavy atom. The number of aliphatic carboxylic acids is 1. The van der Waals surface area contributed by atoms with Crippen molar-refractivity contribution in [3.05, 3.63) is 59.0 Å². The first kappa shape index (κ1) is 30.8. The average Bonchev–Trinajstić information content (AvgIpc) is 3.28. The molecule has 4 rings (SSSR count). The van der Waals surface area contributed by atoms with E-state index in [2.05, 4.69) is 25.3 Å². The minimum atomic E-state index is -5.00. The Kier molecular flexibility index (Phi) is 8.85. The molecule has 4 aromatic rings. The first-order chi connectivity index (χ1) is 20.2. The minimum absolute atomic E-state index is 0.0443. The van der Waals surface area contributed by atoms with Gasteiger partial charge in [0.05, 0.1) is 22.3 Å². The monoisotopic (exact) mass is 616 g/mol. The number of carbonyl (C=O) groups is 3. The molecule has 0 aliphatic carbocycles. The van der Waals surface area contributed by atoms with E-state index < -0.39 is 30.1 Å². The summed E-state index contributed by atoms with van der Waals surface area (Å²) in [6, 6.07) is 12.0. The van der Waals surface area contributed by atoms with Gasteiger partial charge in [0.2, 0.25) is 5.91 Å². The number of nitrogens with one attached hydrogen (secondary N) is 2. The lowest BCUT2D eigenvalue weighted by molar-refractivity contribution is -0.280. The Morgan fingerprint density at radius 2 is 1.81 bits per heavy atom. The highest BCUT2D eigenvalue weighted by molar-refractivity contribution is 7.16. The highest BCUT2D eigenvalue weighted by atomic mass is 32.1. The van der Waals surface area contributed by atoms with Gasteiger partial charge in [-0.3, -0.25) is 14.9 Å². The van der Waals surface area contributed by atoms with Gasteiger partial charge in [-0.1, -0.05) is 24.3 Å². The number of hydrogen-bond acceptors (Lipinski definition) is 9. The van der Waals surface area contributed by atoms with Crippen LogP contribution in [-0.2, 0) is 14.3 Å². The van der Waals surface area contributed by atoms with Crippen LogP contribution in [-0.4, -0.2) is 51.8 Å². The van der Waals surface area contributed by atoms with Crippen LogP contribution in [0.15, 0.2) is 53.5 Å². The molecule has 3 aromatic carbocycles. The number of aromatic nitrogens is 1. The predicted octanol–water partition coefficient (Wildman–Crippen LogP) is 6.24. The third-order valence-corrected chi connectivity index (χ3v) is 6.73. The molecule has 1 heterocycles. The smallest absolute Gasteiger partial charge is 0.506 e. The Hall–Kier alpha value is -5.18. The Labute approximate surface area is 245 Å². The van der Waals surface area contributed by atoms with Crippen molar-refractivity contribution >= 4 is 62.8 Å². The zero-order valence-electron chi connectivity index (χ0n) is 22.6. The van der Waals surface area contributed by atoms with Crippen LogP contribution in [0.25, 0.3) is 22.0 Å². The summed E-state index contributed by atoms with van der Waals surface area (Å²) in [6.07, 6.45) is -6.29. The second kappa shape index (κ2) is 12.4. The molecule has 1 unspecified atom stereocenters. The normalized spacial score (nSPS) is 12.2. The Bertz CT molecular complexity index is 1740. The minimum Gasteiger partial charge on any atom is -0.506 e. The molecule has 0 spiro atoms. The number of alkyl halides is 3. The summed E-state index contributed by atoms with van der Waals surface area (Å²) in [7, 11) is 0. The topological polar surface area (TPSA) is 159 Å². The molecule has 2 amide bonds. The van der Waals surface area contributed by atoms with Crippen molar-refractivity contribution < 1.29 is 47.2 Å². The molecule has 224 valence electrons. The standard InChI is InChI=1S/C28H23F3N4O7S/c1-13(26(39)40)42-21-11-19(24(37)18-5-4-6-20(22(18)21)32-12-41-28(29,30)31)25(38)35-27-34-23(14(2)43-27)16-7-9-17(10-8-16)33-15(3)36/h4-13,37H,1-3H3,(H,33,36)(H,39,40)(H,34,35,38). The van der Waals surface area contributed by atoms with Crippen LogP contribution in [0.1, 0.15) is 29.1 Å². The zero-order chi connectivity index (χ0) is 31.5. The van der Waals surface area contributed by atoms with Gasteiger partial charge in [0, 0.05) is 28.4 Å². The van der Waals surface area contributed by atoms with Crippen molar-refractivity contribution in [3.8, 4) is 22.8 Å². The van der Waals surface area contributed by atoms with Crippen LogP contribution < -0.4 is 15.4 Å². The molecular formula is C28H23F3N4O7S. The molecule has 0 aliphatic rings. The number of phenols is 1. The van der Waals surface area contributed by atoms with E-state index in [1.165, 1.54) is 32.0 Å². The van der Waals surface area contributed by atoms with Crippen molar-refractivity contribution in [2.75, 3.05) is 10.6 Å². The van der Waals surface area contributed by atoms with E-state index >= 15 is 0 Å². The maximum Gasteiger partial charge on any atom is 0.573 e. The van der Waals surface area contributed by atoms with Gasteiger partial charge < -0.3 is 25.0 Å². The fourth-order valence-corrected chi connectivity index (χ4v) is 4.80. The number of amides is 2. The number of benzene rings is 3. The fourth-order valence-electron chi connectivity index (χ4n) is 3.97. The molecule has 11 nitrogen and oxygen atoms in total. The van der Waals surface area contributed by atoms with Gasteiger partial charge in [0.15, 0.2) is 17.6 Å². The van der Waals surface area contributed by atoms with Gasteiger partial charge in [-0.2, -0.15) is 0 Å². The van der Waals surface area contributed by atoms with Crippen molar-refractivity contribution in [3.63, 3.8) is 0 Å². The number of phenolic OH excluding ortho intramolecular Hbond substituents is 1. The summed E-state index contributed by atoms with van der Waals surface area (Å²) < 4.78 is 46.5. The third-order valence-electron chi connectivity index (χ3n) is 5.84. The number of fused-ring (bicyclic) bond motifs is 1. The summed E-state index contributed by atoms with van der Waals surface area (Å²) in [6.45, 7) is 4.40. The van der Waals surface area contributed by atoms with E-state index in [1.807, 2.05) is 0 Å². The third kappa shape index (κ3) is 7.37. The van der Waals surface area contributed by atoms with E-state index in [4.69, 9.17) is 4.74 Å². The van der Waals surface area contributed by atoms with E-state index in [0.29, 0.717) is 11.4 Å². The number of hydrogen-bond donors (Lipinski definition) is 4. The lowest BCUT2D eigenvalue weighted by Gasteiger charge is -2.17. The molecule has 0 radical (unpaired) electrons. The zero-order valence-corrected chi connectivity index (χ0v) is 23.5. The molecule has 0 aliphatic heterocycles. The first-order valence-corrected chi connectivity index (χ1v) is 13.2. The maximum absolute atomic E-state index is 13.3. The summed E-state index contributed by atoms with van der Waals surface area (Å²) in [5.41, 5.74) is 1.42. The number of rotatable bonds is 9. The van der Waals surface area contributed by atoms with Crippen LogP contribution >= 0.6 is 11.3 Å². The number of aliphatic imine (C=N–C) groups is 1. The van der Waals surface area contributed by atoms with Crippen LogP contribution in [0.2, 0.25) is 0 Å². The number of anilines is 2. The van der Waals surface area contributed by atoms with Crippen molar-refractivity contribution in [2.24, 2.45) is 4.99 Å². The molecule has 15 heteroatoms. The van der Waals surface area contributed by atoms with Crippen LogP contribution in [0, 0.1) is 6.92 Å². The van der Waals surface area contributed by atoms with Gasteiger partial charge in [0.25, 0.3) is 5.91 Å². The lowest BCUT2D eigenvalue weighted by atomic mass is 10.0.